The van der Waals surface area contributed by atoms with Crippen LogP contribution < -0.4 is 4.74 Å². The summed E-state index contributed by atoms with van der Waals surface area (Å²) in [5, 5.41) is 1.03. The molecule has 1 aliphatic heterocycles. The number of para-hydroxylation sites is 3. The summed E-state index contributed by atoms with van der Waals surface area (Å²) in [6.45, 7) is 0. The molecule has 0 fully saturated rings. The van der Waals surface area contributed by atoms with E-state index in [4.69, 9.17) is 14.7 Å². The third-order valence-electron chi connectivity index (χ3n) is 9.98. The summed E-state index contributed by atoms with van der Waals surface area (Å²) in [6.07, 6.45) is 0. The van der Waals surface area contributed by atoms with E-state index in [0.717, 1.165) is 61.5 Å². The van der Waals surface area contributed by atoms with Gasteiger partial charge in [-0.25, -0.2) is 9.97 Å². The summed E-state index contributed by atoms with van der Waals surface area (Å²) in [7, 11) is 0. The molecule has 0 saturated carbocycles. The van der Waals surface area contributed by atoms with Crippen molar-refractivity contribution in [2.45, 2.75) is 5.41 Å². The Kier molecular flexibility index (Phi) is 5.79. The van der Waals surface area contributed by atoms with E-state index in [-0.39, 0.29) is 0 Å². The summed E-state index contributed by atoms with van der Waals surface area (Å²) < 4.78 is 6.99. The van der Waals surface area contributed by atoms with Gasteiger partial charge in [0.1, 0.15) is 11.5 Å². The summed E-state index contributed by atoms with van der Waals surface area (Å²) in [5.41, 5.74) is 12.7. The Labute approximate surface area is 278 Å². The van der Waals surface area contributed by atoms with Crippen molar-refractivity contribution >= 4 is 10.9 Å². The predicted molar refractivity (Wildman–Crippen MR) is 193 cm³/mol. The number of hydrogen-bond donors (Lipinski definition) is 0. The molecule has 0 amide bonds. The van der Waals surface area contributed by atoms with Crippen LogP contribution in [0.5, 0.6) is 11.5 Å². The minimum Gasteiger partial charge on any atom is -0.456 e. The van der Waals surface area contributed by atoms with Crippen molar-refractivity contribution in [2.24, 2.45) is 0 Å². The Balaban J connectivity index is 1.25. The first-order valence-corrected chi connectivity index (χ1v) is 16.3. The zero-order valence-electron chi connectivity index (χ0n) is 26.0. The van der Waals surface area contributed by atoms with Gasteiger partial charge in [0.25, 0.3) is 0 Å². The molecule has 2 aliphatic rings. The van der Waals surface area contributed by atoms with Gasteiger partial charge in [-0.05, 0) is 39.9 Å². The SMILES string of the molecule is c1ccc(-c2nc(-c3ccccc3-c3cccc4c3Oc3ccccc3C43c4ccccc4-c4ccccc43)nc3ccccc23)cc1. The van der Waals surface area contributed by atoms with Crippen molar-refractivity contribution < 1.29 is 4.74 Å². The van der Waals surface area contributed by atoms with E-state index >= 15 is 0 Å². The molecule has 0 atom stereocenters. The number of hydrogen-bond acceptors (Lipinski definition) is 3. The van der Waals surface area contributed by atoms with Crippen LogP contribution in [0, 0.1) is 0 Å². The molecule has 7 aromatic carbocycles. The van der Waals surface area contributed by atoms with E-state index < -0.39 is 5.41 Å². The highest BCUT2D eigenvalue weighted by Gasteiger charge is 2.51. The van der Waals surface area contributed by atoms with Crippen molar-refractivity contribution in [3.05, 3.63) is 192 Å². The second kappa shape index (κ2) is 10.3. The van der Waals surface area contributed by atoms with Gasteiger partial charge in [0.15, 0.2) is 5.82 Å². The van der Waals surface area contributed by atoms with Crippen molar-refractivity contribution in [2.75, 3.05) is 0 Å². The lowest BCUT2D eigenvalue weighted by atomic mass is 9.65. The Morgan fingerprint density at radius 3 is 1.73 bits per heavy atom. The molecule has 3 heteroatoms. The van der Waals surface area contributed by atoms with Crippen LogP contribution in [0.25, 0.3) is 55.8 Å². The lowest BCUT2D eigenvalue weighted by Crippen LogP contribution is -2.32. The van der Waals surface area contributed by atoms with Gasteiger partial charge in [-0.1, -0.05) is 158 Å². The molecule has 1 spiro atoms. The zero-order chi connectivity index (χ0) is 31.7. The third-order valence-corrected chi connectivity index (χ3v) is 9.98. The Morgan fingerprint density at radius 2 is 0.958 bits per heavy atom. The van der Waals surface area contributed by atoms with Gasteiger partial charge in [0.2, 0.25) is 0 Å². The van der Waals surface area contributed by atoms with Crippen molar-refractivity contribution in [1.29, 1.82) is 0 Å². The fourth-order valence-electron chi connectivity index (χ4n) is 8.02. The van der Waals surface area contributed by atoms with Crippen LogP contribution >= 0.6 is 0 Å². The Bertz CT molecular complexity index is 2510. The van der Waals surface area contributed by atoms with Gasteiger partial charge < -0.3 is 4.74 Å². The average Bonchev–Trinajstić information content (AvgIpc) is 3.45. The molecule has 48 heavy (non-hydrogen) atoms. The first-order chi connectivity index (χ1) is 23.8. The van der Waals surface area contributed by atoms with Crippen LogP contribution in [0.4, 0.5) is 0 Å². The maximum absolute atomic E-state index is 6.99. The highest BCUT2D eigenvalue weighted by Crippen LogP contribution is 2.63. The highest BCUT2D eigenvalue weighted by molar-refractivity contribution is 5.96. The molecular formula is C45H28N2O. The van der Waals surface area contributed by atoms with Crippen molar-refractivity contribution in [3.8, 4) is 56.4 Å². The summed E-state index contributed by atoms with van der Waals surface area (Å²) in [6, 6.07) is 59.8. The molecular weight excluding hydrogens is 585 g/mol. The van der Waals surface area contributed by atoms with Crippen molar-refractivity contribution in [3.63, 3.8) is 0 Å². The number of rotatable bonds is 3. The molecule has 0 bridgehead atoms. The molecule has 1 aromatic heterocycles. The first kappa shape index (κ1) is 26.9. The highest BCUT2D eigenvalue weighted by atomic mass is 16.5. The van der Waals surface area contributed by atoms with Crippen molar-refractivity contribution in [1.82, 2.24) is 9.97 Å². The molecule has 2 heterocycles. The third kappa shape index (κ3) is 3.70. The van der Waals surface area contributed by atoms with Gasteiger partial charge in [0, 0.05) is 33.2 Å². The van der Waals surface area contributed by atoms with Crippen LogP contribution in [-0.4, -0.2) is 9.97 Å². The normalized spacial score (nSPS) is 13.3. The van der Waals surface area contributed by atoms with E-state index in [0.29, 0.717) is 5.82 Å². The molecule has 8 aromatic rings. The number of ether oxygens (including phenoxy) is 1. The van der Waals surface area contributed by atoms with E-state index in [1.807, 2.05) is 18.2 Å². The molecule has 224 valence electrons. The lowest BCUT2D eigenvalue weighted by Gasteiger charge is -2.40. The van der Waals surface area contributed by atoms with Gasteiger partial charge in [0.05, 0.1) is 16.6 Å². The fraction of sp³-hybridized carbons (Fsp3) is 0.0222. The average molecular weight is 613 g/mol. The summed E-state index contributed by atoms with van der Waals surface area (Å²) in [4.78, 5) is 10.4. The minimum atomic E-state index is -0.526. The van der Waals surface area contributed by atoms with E-state index in [1.165, 1.54) is 22.3 Å². The zero-order valence-corrected chi connectivity index (χ0v) is 26.0. The van der Waals surface area contributed by atoms with Gasteiger partial charge in [-0.2, -0.15) is 0 Å². The van der Waals surface area contributed by atoms with Crippen LogP contribution in [-0.2, 0) is 5.41 Å². The van der Waals surface area contributed by atoms with Crippen LogP contribution in [0.1, 0.15) is 22.3 Å². The lowest BCUT2D eigenvalue weighted by molar-refractivity contribution is 0.438. The van der Waals surface area contributed by atoms with E-state index in [9.17, 15) is 0 Å². The largest absolute Gasteiger partial charge is 0.456 e. The second-order valence-corrected chi connectivity index (χ2v) is 12.4. The van der Waals surface area contributed by atoms with Gasteiger partial charge >= 0.3 is 0 Å². The molecule has 1 aliphatic carbocycles. The minimum absolute atomic E-state index is 0.526. The second-order valence-electron chi connectivity index (χ2n) is 12.4. The number of fused-ring (bicyclic) bond motifs is 10. The van der Waals surface area contributed by atoms with Crippen LogP contribution in [0.3, 0.4) is 0 Å². The topological polar surface area (TPSA) is 35.0 Å². The molecule has 0 unspecified atom stereocenters. The number of nitrogens with zero attached hydrogens (tertiary/aromatic N) is 2. The quantitative estimate of drug-likeness (QED) is 0.199. The fourth-order valence-corrected chi connectivity index (χ4v) is 8.02. The predicted octanol–water partition coefficient (Wildman–Crippen LogP) is 11.1. The van der Waals surface area contributed by atoms with Gasteiger partial charge in [-0.3, -0.25) is 0 Å². The molecule has 0 N–H and O–H groups in total. The smallest absolute Gasteiger partial charge is 0.161 e. The molecule has 3 nitrogen and oxygen atoms in total. The number of benzene rings is 7. The van der Waals surface area contributed by atoms with Crippen LogP contribution in [0.15, 0.2) is 170 Å². The molecule has 0 radical (unpaired) electrons. The Morgan fingerprint density at radius 1 is 0.396 bits per heavy atom. The van der Waals surface area contributed by atoms with Gasteiger partial charge in [-0.15, -0.1) is 0 Å². The summed E-state index contributed by atoms with van der Waals surface area (Å²) >= 11 is 0. The monoisotopic (exact) mass is 612 g/mol. The molecule has 0 saturated heterocycles. The Hall–Kier alpha value is -6.32. The number of aromatic nitrogens is 2. The van der Waals surface area contributed by atoms with E-state index in [2.05, 4.69) is 152 Å². The first-order valence-electron chi connectivity index (χ1n) is 16.3. The van der Waals surface area contributed by atoms with Crippen LogP contribution in [0.2, 0.25) is 0 Å². The summed E-state index contributed by atoms with van der Waals surface area (Å²) in [5.74, 6) is 2.41. The maximum atomic E-state index is 6.99. The maximum Gasteiger partial charge on any atom is 0.161 e. The van der Waals surface area contributed by atoms with E-state index in [1.54, 1.807) is 0 Å². The molecule has 10 rings (SSSR count). The standard InChI is InChI=1S/C45H28N2O/c1-2-15-29(16-3-1)42-35-21-8-12-27-40(35)46-44(47-42)34-20-5-4-17-30(34)33-22-14-26-39-43(33)48-41-28-13-11-25-38(41)45(39)36-23-9-6-18-31(36)32-19-7-10-24-37(32)45/h1-28H.